The summed E-state index contributed by atoms with van der Waals surface area (Å²) in [5.74, 6) is 0.745. The molecular formula is C25H36N6O3. The fourth-order valence-corrected chi connectivity index (χ4v) is 4.97. The van der Waals surface area contributed by atoms with Crippen LogP contribution < -0.4 is 10.6 Å². The number of hydrogen-bond donors (Lipinski definition) is 3. The molecule has 4 rings (SSSR count). The van der Waals surface area contributed by atoms with Crippen LogP contribution in [0.5, 0.6) is 0 Å². The zero-order valence-corrected chi connectivity index (χ0v) is 20.5. The first-order chi connectivity index (χ1) is 16.2. The molecule has 0 radical (unpaired) electrons. The first kappa shape index (κ1) is 24.1. The summed E-state index contributed by atoms with van der Waals surface area (Å²) in [5.41, 5.74) is 1.69. The highest BCUT2D eigenvalue weighted by Gasteiger charge is 2.44. The van der Waals surface area contributed by atoms with E-state index in [2.05, 4.69) is 15.5 Å². The van der Waals surface area contributed by atoms with Crippen LogP contribution in [-0.2, 0) is 4.79 Å². The summed E-state index contributed by atoms with van der Waals surface area (Å²) in [6, 6.07) is 7.58. The predicted molar refractivity (Wildman–Crippen MR) is 132 cm³/mol. The Balaban J connectivity index is 1.60. The van der Waals surface area contributed by atoms with Gasteiger partial charge in [-0.25, -0.2) is 4.99 Å². The van der Waals surface area contributed by atoms with E-state index in [1.165, 1.54) is 12.8 Å². The number of aliphatic hydroxyl groups is 1. The molecule has 34 heavy (non-hydrogen) atoms. The number of aliphatic imine (C=N–C) groups is 1. The Morgan fingerprint density at radius 1 is 1.18 bits per heavy atom. The number of rotatable bonds is 6. The molecule has 1 atom stereocenters. The average Bonchev–Trinajstić information content (AvgIpc) is 3.34. The van der Waals surface area contributed by atoms with E-state index in [0.717, 1.165) is 30.1 Å². The Morgan fingerprint density at radius 3 is 2.50 bits per heavy atom. The molecule has 1 saturated carbocycles. The largest absolute Gasteiger partial charge is 0.395 e. The highest BCUT2D eigenvalue weighted by atomic mass is 16.3. The lowest BCUT2D eigenvalue weighted by Crippen LogP contribution is -2.48. The summed E-state index contributed by atoms with van der Waals surface area (Å²) in [6.45, 7) is 4.81. The third-order valence-corrected chi connectivity index (χ3v) is 6.87. The third kappa shape index (κ3) is 4.75. The molecule has 2 heterocycles. The van der Waals surface area contributed by atoms with Gasteiger partial charge in [0.15, 0.2) is 12.1 Å². The summed E-state index contributed by atoms with van der Waals surface area (Å²) in [5, 5.41) is 15.0. The topological polar surface area (TPSA) is 101 Å². The van der Waals surface area contributed by atoms with Gasteiger partial charge in [0.25, 0.3) is 5.91 Å². The Kier molecular flexibility index (Phi) is 6.84. The Labute approximate surface area is 201 Å². The lowest BCUT2D eigenvalue weighted by atomic mass is 9.91. The summed E-state index contributed by atoms with van der Waals surface area (Å²) < 4.78 is 0. The molecule has 3 aliphatic rings. The van der Waals surface area contributed by atoms with Crippen LogP contribution in [0.2, 0.25) is 0 Å². The van der Waals surface area contributed by atoms with Crippen molar-refractivity contribution in [2.24, 2.45) is 10.4 Å². The number of nitrogens with one attached hydrogen (secondary N) is 2. The molecule has 1 aromatic rings. The standard InChI is InChI=1S/C25H36N6O3/c1-25(2)16-31(19-7-5-6-8-19)21-20(30(4)23(25)34)15-29(3)24(28-21)27-18-11-9-17(10-12-18)22(33)26-13-14-32/h9-12,15,19,24,27,32H,5-8,13-14,16H2,1-4H3,(H,26,33). The summed E-state index contributed by atoms with van der Waals surface area (Å²) in [4.78, 5) is 36.5. The van der Waals surface area contributed by atoms with Gasteiger partial charge in [-0.1, -0.05) is 12.8 Å². The van der Waals surface area contributed by atoms with Gasteiger partial charge in [-0.05, 0) is 51.0 Å². The second-order valence-corrected chi connectivity index (χ2v) is 10.0. The van der Waals surface area contributed by atoms with Crippen molar-refractivity contribution in [2.75, 3.05) is 39.1 Å². The number of nitrogens with zero attached hydrogens (tertiary/aromatic N) is 4. The molecule has 2 aliphatic heterocycles. The van der Waals surface area contributed by atoms with Crippen LogP contribution in [0.15, 0.2) is 41.2 Å². The average molecular weight is 469 g/mol. The van der Waals surface area contributed by atoms with Gasteiger partial charge in [-0.2, -0.15) is 0 Å². The van der Waals surface area contributed by atoms with Gasteiger partial charge in [-0.15, -0.1) is 0 Å². The van der Waals surface area contributed by atoms with Crippen LogP contribution in [0.1, 0.15) is 49.9 Å². The maximum atomic E-state index is 13.2. The second kappa shape index (κ2) is 9.66. The fourth-order valence-electron chi connectivity index (χ4n) is 4.97. The molecule has 2 amide bonds. The Hall–Kier alpha value is -3.07. The minimum absolute atomic E-state index is 0.0922. The maximum Gasteiger partial charge on any atom is 0.251 e. The molecule has 0 bridgehead atoms. The lowest BCUT2D eigenvalue weighted by Gasteiger charge is -2.38. The Bertz CT molecular complexity index is 981. The molecule has 9 nitrogen and oxygen atoms in total. The molecule has 3 N–H and O–H groups in total. The highest BCUT2D eigenvalue weighted by Crippen LogP contribution is 2.35. The summed E-state index contributed by atoms with van der Waals surface area (Å²) in [6.07, 6.45) is 6.30. The number of carbonyl (C=O) groups excluding carboxylic acids is 2. The van der Waals surface area contributed by atoms with E-state index in [1.807, 2.05) is 51.2 Å². The van der Waals surface area contributed by atoms with Crippen molar-refractivity contribution in [3.8, 4) is 0 Å². The van der Waals surface area contributed by atoms with Crippen molar-refractivity contribution in [3.05, 3.63) is 41.7 Å². The maximum absolute atomic E-state index is 13.2. The van der Waals surface area contributed by atoms with Crippen LogP contribution in [0.4, 0.5) is 5.69 Å². The molecule has 1 aromatic carbocycles. The van der Waals surface area contributed by atoms with Crippen LogP contribution in [0, 0.1) is 5.41 Å². The van der Waals surface area contributed by atoms with E-state index in [-0.39, 0.29) is 31.3 Å². The molecule has 2 fully saturated rings. The predicted octanol–water partition coefficient (Wildman–Crippen LogP) is 2.03. The van der Waals surface area contributed by atoms with Crippen molar-refractivity contribution in [1.82, 2.24) is 20.0 Å². The molecule has 184 valence electrons. The highest BCUT2D eigenvalue weighted by molar-refractivity contribution is 6.04. The van der Waals surface area contributed by atoms with Crippen molar-refractivity contribution < 1.29 is 14.7 Å². The Morgan fingerprint density at radius 2 is 1.85 bits per heavy atom. The van der Waals surface area contributed by atoms with Gasteiger partial charge in [-0.3, -0.25) is 9.59 Å². The first-order valence-electron chi connectivity index (χ1n) is 12.0. The van der Waals surface area contributed by atoms with E-state index >= 15 is 0 Å². The van der Waals surface area contributed by atoms with Crippen LogP contribution in [-0.4, -0.2) is 83.6 Å². The SMILES string of the molecule is CN1C(=O)C(C)(C)CN(C2CCCC2)C2=NC(Nc3ccc(C(=O)NCCO)cc3)N(C)C=C21. The van der Waals surface area contributed by atoms with Gasteiger partial charge in [0.1, 0.15) is 5.70 Å². The van der Waals surface area contributed by atoms with Gasteiger partial charge in [0.05, 0.1) is 12.0 Å². The van der Waals surface area contributed by atoms with Crippen molar-refractivity contribution >= 4 is 23.3 Å². The van der Waals surface area contributed by atoms with Crippen LogP contribution in [0.3, 0.4) is 0 Å². The summed E-state index contributed by atoms with van der Waals surface area (Å²) in [7, 11) is 3.78. The number of amidine groups is 1. The lowest BCUT2D eigenvalue weighted by molar-refractivity contribution is -0.136. The third-order valence-electron chi connectivity index (χ3n) is 6.87. The molecular weight excluding hydrogens is 432 g/mol. The molecule has 0 aromatic heterocycles. The number of likely N-dealkylation sites (N-methyl/N-ethyl adjacent to an activating group) is 1. The number of benzene rings is 1. The quantitative estimate of drug-likeness (QED) is 0.591. The number of aliphatic hydroxyl groups excluding tert-OH is 1. The molecule has 1 unspecified atom stereocenters. The van der Waals surface area contributed by atoms with Crippen LogP contribution >= 0.6 is 0 Å². The van der Waals surface area contributed by atoms with E-state index in [4.69, 9.17) is 10.1 Å². The van der Waals surface area contributed by atoms with Crippen LogP contribution in [0.25, 0.3) is 0 Å². The van der Waals surface area contributed by atoms with Crippen molar-refractivity contribution in [3.63, 3.8) is 0 Å². The molecule has 1 saturated heterocycles. The van der Waals surface area contributed by atoms with Gasteiger partial charge in [0, 0.05) is 50.7 Å². The minimum atomic E-state index is -0.508. The smallest absolute Gasteiger partial charge is 0.251 e. The second-order valence-electron chi connectivity index (χ2n) is 10.0. The molecule has 0 spiro atoms. The van der Waals surface area contributed by atoms with E-state index in [9.17, 15) is 9.59 Å². The zero-order chi connectivity index (χ0) is 24.5. The molecule has 1 aliphatic carbocycles. The zero-order valence-electron chi connectivity index (χ0n) is 20.5. The normalized spacial score (nSPS) is 22.7. The van der Waals surface area contributed by atoms with Gasteiger partial charge in [0.2, 0.25) is 5.91 Å². The number of fused-ring (bicyclic) bond motifs is 1. The first-order valence-corrected chi connectivity index (χ1v) is 12.0. The fraction of sp³-hybridized carbons (Fsp3) is 0.560. The van der Waals surface area contributed by atoms with Gasteiger partial charge < -0.3 is 30.4 Å². The number of carbonyl (C=O) groups is 2. The number of hydrogen-bond acceptors (Lipinski definition) is 7. The molecule has 9 heteroatoms. The minimum Gasteiger partial charge on any atom is -0.395 e. The van der Waals surface area contributed by atoms with E-state index < -0.39 is 5.41 Å². The van der Waals surface area contributed by atoms with Crippen molar-refractivity contribution in [2.45, 2.75) is 51.9 Å². The van der Waals surface area contributed by atoms with E-state index in [0.29, 0.717) is 18.2 Å². The number of amides is 2. The van der Waals surface area contributed by atoms with E-state index in [1.54, 1.807) is 17.0 Å². The van der Waals surface area contributed by atoms with Gasteiger partial charge >= 0.3 is 0 Å². The van der Waals surface area contributed by atoms with Crippen molar-refractivity contribution in [1.29, 1.82) is 0 Å². The summed E-state index contributed by atoms with van der Waals surface area (Å²) >= 11 is 0. The number of anilines is 1. The monoisotopic (exact) mass is 468 g/mol.